The summed E-state index contributed by atoms with van der Waals surface area (Å²) in [6.07, 6.45) is 8.19. The van der Waals surface area contributed by atoms with Crippen LogP contribution in [0.3, 0.4) is 0 Å². The van der Waals surface area contributed by atoms with Gasteiger partial charge in [0.2, 0.25) is 0 Å². The van der Waals surface area contributed by atoms with Crippen LogP contribution in [0.1, 0.15) is 80.4 Å². The minimum Gasteiger partial charge on any atom is -0.480 e. The maximum Gasteiger partial charge on any atom is 0.326 e. The van der Waals surface area contributed by atoms with Crippen LogP contribution in [-0.4, -0.2) is 51.5 Å². The molecule has 0 radical (unpaired) electrons. The van der Waals surface area contributed by atoms with Gasteiger partial charge in [-0.3, -0.25) is 9.69 Å². The Morgan fingerprint density at radius 3 is 2.24 bits per heavy atom. The molecule has 1 aliphatic carbocycles. The fourth-order valence-corrected chi connectivity index (χ4v) is 6.86. The number of aryl methyl sites for hydroxylation is 1. The van der Waals surface area contributed by atoms with Crippen molar-refractivity contribution in [3.8, 4) is 11.1 Å². The number of amides is 1. The first-order chi connectivity index (χ1) is 19.7. The van der Waals surface area contributed by atoms with Gasteiger partial charge in [-0.2, -0.15) is 11.8 Å². The molecule has 0 bridgehead atoms. The van der Waals surface area contributed by atoms with Crippen molar-refractivity contribution in [2.24, 2.45) is 0 Å². The van der Waals surface area contributed by atoms with Crippen molar-refractivity contribution in [1.29, 1.82) is 0 Å². The zero-order valence-corrected chi connectivity index (χ0v) is 25.7. The molecular formula is C36H48N2O3S. The van der Waals surface area contributed by atoms with Gasteiger partial charge in [0.05, 0.1) is 0 Å². The number of carbonyl (C=O) groups excluding carboxylic acids is 1. The van der Waals surface area contributed by atoms with Crippen LogP contribution in [0.4, 0.5) is 0 Å². The van der Waals surface area contributed by atoms with Crippen LogP contribution in [0.5, 0.6) is 0 Å². The molecule has 4 rings (SSSR count). The van der Waals surface area contributed by atoms with Gasteiger partial charge in [-0.1, -0.05) is 80.9 Å². The Hall–Kier alpha value is -3.09. The van der Waals surface area contributed by atoms with Crippen LogP contribution in [0.25, 0.3) is 11.1 Å². The molecule has 1 aliphatic rings. The monoisotopic (exact) mass is 588 g/mol. The highest BCUT2D eigenvalue weighted by Crippen LogP contribution is 2.41. The summed E-state index contributed by atoms with van der Waals surface area (Å²) >= 11 is 1.57. The molecule has 226 valence electrons. The Labute approximate surface area is 257 Å². The maximum absolute atomic E-state index is 13.5. The third kappa shape index (κ3) is 8.05. The van der Waals surface area contributed by atoms with Gasteiger partial charge in [-0.05, 0) is 98.4 Å². The highest BCUT2D eigenvalue weighted by molar-refractivity contribution is 7.98. The Kier molecular flexibility index (Phi) is 12.3. The summed E-state index contributed by atoms with van der Waals surface area (Å²) in [6, 6.07) is 24.4. The minimum atomic E-state index is -1.01. The highest BCUT2D eigenvalue weighted by Gasteiger charge is 2.40. The van der Waals surface area contributed by atoms with Crippen LogP contribution >= 0.6 is 11.8 Å². The number of hydrogen-bond acceptors (Lipinski definition) is 4. The maximum atomic E-state index is 13.5. The zero-order chi connectivity index (χ0) is 29.4. The lowest BCUT2D eigenvalue weighted by Gasteiger charge is -2.45. The van der Waals surface area contributed by atoms with Gasteiger partial charge in [-0.15, -0.1) is 0 Å². The average molecular weight is 589 g/mol. The molecule has 0 aromatic heterocycles. The van der Waals surface area contributed by atoms with Crippen LogP contribution in [-0.2, 0) is 17.8 Å². The first kappa shape index (κ1) is 33.4. The summed E-state index contributed by atoms with van der Waals surface area (Å²) in [4.78, 5) is 28.1. The molecule has 1 amide bonds. The summed E-state index contributed by atoms with van der Waals surface area (Å²) in [5, 5.41) is 12.5. The molecule has 3 aromatic carbocycles. The van der Waals surface area contributed by atoms with E-state index >= 15 is 0 Å². The van der Waals surface area contributed by atoms with Gasteiger partial charge in [-0.25, -0.2) is 4.79 Å². The SMILES string of the molecule is C.CSCC[C@H](NC(=O)c1ccc(CN(C(C)C)C2(Cc3ccccc3)CCCC2)cc1-c1ccccc1C)C(=O)O. The zero-order valence-electron chi connectivity index (χ0n) is 24.9. The highest BCUT2D eigenvalue weighted by atomic mass is 32.2. The molecule has 0 unspecified atom stereocenters. The second-order valence-electron chi connectivity index (χ2n) is 11.7. The predicted octanol–water partition coefficient (Wildman–Crippen LogP) is 8.00. The van der Waals surface area contributed by atoms with Gasteiger partial charge in [0.15, 0.2) is 0 Å². The molecule has 1 saturated carbocycles. The lowest BCUT2D eigenvalue weighted by atomic mass is 9.85. The first-order valence-electron chi connectivity index (χ1n) is 14.8. The number of nitrogens with one attached hydrogen (secondary N) is 1. The van der Waals surface area contributed by atoms with E-state index in [2.05, 4.69) is 79.5 Å². The van der Waals surface area contributed by atoms with E-state index < -0.39 is 12.0 Å². The van der Waals surface area contributed by atoms with Crippen LogP contribution in [0.2, 0.25) is 0 Å². The Morgan fingerprint density at radius 1 is 0.952 bits per heavy atom. The molecule has 0 aliphatic heterocycles. The number of nitrogens with zero attached hydrogens (tertiary/aromatic N) is 1. The smallest absolute Gasteiger partial charge is 0.326 e. The van der Waals surface area contributed by atoms with Gasteiger partial charge in [0, 0.05) is 23.7 Å². The molecule has 1 fully saturated rings. The Morgan fingerprint density at radius 2 is 1.62 bits per heavy atom. The number of aliphatic carboxylic acids is 1. The second kappa shape index (κ2) is 15.4. The van der Waals surface area contributed by atoms with Crippen molar-refractivity contribution >= 4 is 23.6 Å². The number of hydrogen-bond donors (Lipinski definition) is 2. The molecule has 42 heavy (non-hydrogen) atoms. The summed E-state index contributed by atoms with van der Waals surface area (Å²) in [6.45, 7) is 7.41. The molecule has 6 heteroatoms. The van der Waals surface area contributed by atoms with Gasteiger partial charge < -0.3 is 10.4 Å². The van der Waals surface area contributed by atoms with E-state index in [9.17, 15) is 14.7 Å². The van der Waals surface area contributed by atoms with Crippen LogP contribution in [0, 0.1) is 6.92 Å². The lowest BCUT2D eigenvalue weighted by Crippen LogP contribution is -2.51. The van der Waals surface area contributed by atoms with Gasteiger partial charge in [0.25, 0.3) is 5.91 Å². The molecule has 0 heterocycles. The fraction of sp³-hybridized carbons (Fsp3) is 0.444. The standard InChI is InChI=1S/C35H44N2O3S.CH4/c1-25(2)37(35(19-10-11-20-35)23-27-13-6-5-7-14-27)24-28-16-17-30(31(22-28)29-15-9-8-12-26(29)3)33(38)36-32(34(39)40)18-21-41-4;/h5-9,12-17,22,25,32H,10-11,18-21,23-24H2,1-4H3,(H,36,38)(H,39,40);1H4/t32-;/m0./s1. The number of carbonyl (C=O) groups is 2. The molecule has 5 nitrogen and oxygen atoms in total. The van der Waals surface area contributed by atoms with E-state index in [0.717, 1.165) is 35.2 Å². The number of carboxylic acid groups (broad SMARTS) is 1. The first-order valence-corrected chi connectivity index (χ1v) is 16.2. The van der Waals surface area contributed by atoms with Crippen molar-refractivity contribution < 1.29 is 14.7 Å². The van der Waals surface area contributed by atoms with Gasteiger partial charge in [0.1, 0.15) is 6.04 Å². The minimum absolute atomic E-state index is 0. The van der Waals surface area contributed by atoms with Crippen molar-refractivity contribution in [2.75, 3.05) is 12.0 Å². The quantitative estimate of drug-likeness (QED) is 0.212. The van der Waals surface area contributed by atoms with Crippen molar-refractivity contribution in [3.05, 3.63) is 95.1 Å². The summed E-state index contributed by atoms with van der Waals surface area (Å²) in [7, 11) is 0. The third-order valence-corrected chi connectivity index (χ3v) is 9.12. The molecule has 2 N–H and O–H groups in total. The average Bonchev–Trinajstić information content (AvgIpc) is 3.43. The number of carboxylic acids is 1. The lowest BCUT2D eigenvalue weighted by molar-refractivity contribution is -0.139. The predicted molar refractivity (Wildman–Crippen MR) is 177 cm³/mol. The Balaban J connectivity index is 0.00000484. The van der Waals surface area contributed by atoms with E-state index in [0.29, 0.717) is 23.8 Å². The molecule has 1 atom stereocenters. The molecule has 0 spiro atoms. The summed E-state index contributed by atoms with van der Waals surface area (Å²) in [5.41, 5.74) is 6.06. The molecule has 0 saturated heterocycles. The number of benzene rings is 3. The van der Waals surface area contributed by atoms with E-state index in [1.165, 1.54) is 31.2 Å². The largest absolute Gasteiger partial charge is 0.480 e. The van der Waals surface area contributed by atoms with Crippen LogP contribution in [0.15, 0.2) is 72.8 Å². The van der Waals surface area contributed by atoms with Gasteiger partial charge >= 0.3 is 5.97 Å². The van der Waals surface area contributed by atoms with Crippen molar-refractivity contribution in [1.82, 2.24) is 10.2 Å². The van der Waals surface area contributed by atoms with Crippen molar-refractivity contribution in [3.63, 3.8) is 0 Å². The van der Waals surface area contributed by atoms with Crippen molar-refractivity contribution in [2.45, 2.75) is 90.9 Å². The molecular weight excluding hydrogens is 540 g/mol. The fourth-order valence-electron chi connectivity index (χ4n) is 6.38. The van der Waals surface area contributed by atoms with E-state index in [1.807, 2.05) is 30.5 Å². The summed E-state index contributed by atoms with van der Waals surface area (Å²) in [5.74, 6) is -0.689. The van der Waals surface area contributed by atoms with Crippen LogP contribution < -0.4 is 5.32 Å². The van der Waals surface area contributed by atoms with E-state index in [4.69, 9.17) is 0 Å². The van der Waals surface area contributed by atoms with E-state index in [1.54, 1.807) is 11.8 Å². The summed E-state index contributed by atoms with van der Waals surface area (Å²) < 4.78 is 0. The normalized spacial score (nSPS) is 14.9. The number of rotatable bonds is 13. The third-order valence-electron chi connectivity index (χ3n) is 8.47. The topological polar surface area (TPSA) is 69.6 Å². The second-order valence-corrected chi connectivity index (χ2v) is 12.6. The molecule has 3 aromatic rings. The van der Waals surface area contributed by atoms with E-state index in [-0.39, 0.29) is 18.9 Å². The Bertz CT molecular complexity index is 1320. The number of thioether (sulfide) groups is 1.